The average molecular weight is 232 g/mol. The Morgan fingerprint density at radius 2 is 2.00 bits per heavy atom. The fourth-order valence-electron chi connectivity index (χ4n) is 2.37. The Hall–Kier alpha value is -0.130. The second-order valence-corrected chi connectivity index (χ2v) is 6.66. The van der Waals surface area contributed by atoms with Crippen LogP contribution in [0.25, 0.3) is 0 Å². The summed E-state index contributed by atoms with van der Waals surface area (Å²) in [6.07, 6.45) is 4.02. The molecule has 0 aromatic carbocycles. The van der Waals surface area contributed by atoms with Crippen molar-refractivity contribution < 1.29 is 8.42 Å². The largest absolute Gasteiger partial charge is 0.316 e. The van der Waals surface area contributed by atoms with Crippen LogP contribution in [0.2, 0.25) is 0 Å². The van der Waals surface area contributed by atoms with Gasteiger partial charge in [-0.2, -0.15) is 0 Å². The molecule has 0 aromatic rings. The van der Waals surface area contributed by atoms with Crippen molar-refractivity contribution in [2.24, 2.45) is 5.92 Å². The maximum atomic E-state index is 11.9. The number of hydrogen-bond acceptors (Lipinski definition) is 3. The van der Waals surface area contributed by atoms with Gasteiger partial charge in [-0.15, -0.1) is 0 Å². The van der Waals surface area contributed by atoms with Crippen molar-refractivity contribution in [3.8, 4) is 0 Å². The average Bonchev–Trinajstić information content (AvgIpc) is 2.88. The Morgan fingerprint density at radius 3 is 2.60 bits per heavy atom. The highest BCUT2D eigenvalue weighted by atomic mass is 32.2. The molecule has 5 heteroatoms. The summed E-state index contributed by atoms with van der Waals surface area (Å²) in [5, 5.41) is 3.27. The Morgan fingerprint density at radius 1 is 1.27 bits per heavy atom. The van der Waals surface area contributed by atoms with Crippen molar-refractivity contribution in [1.29, 1.82) is 0 Å². The van der Waals surface area contributed by atoms with Crippen LogP contribution in [0.1, 0.15) is 25.7 Å². The number of nitrogens with one attached hydrogen (secondary N) is 1. The van der Waals surface area contributed by atoms with Gasteiger partial charge in [0.2, 0.25) is 10.0 Å². The molecule has 0 aromatic heterocycles. The summed E-state index contributed by atoms with van der Waals surface area (Å²) in [6, 6.07) is 0. The molecular formula is C10H20N2O2S. The van der Waals surface area contributed by atoms with E-state index in [4.69, 9.17) is 0 Å². The van der Waals surface area contributed by atoms with Gasteiger partial charge in [-0.1, -0.05) is 0 Å². The SMILES string of the molecule is O=S(=O)(CCC1CCNC1)N1CCCC1. The smallest absolute Gasteiger partial charge is 0.214 e. The molecule has 4 nitrogen and oxygen atoms in total. The van der Waals surface area contributed by atoms with E-state index < -0.39 is 10.0 Å². The van der Waals surface area contributed by atoms with E-state index in [2.05, 4.69) is 5.32 Å². The zero-order chi connectivity index (χ0) is 10.7. The highest BCUT2D eigenvalue weighted by Crippen LogP contribution is 2.18. The van der Waals surface area contributed by atoms with Gasteiger partial charge in [-0.3, -0.25) is 0 Å². The first-order valence-electron chi connectivity index (χ1n) is 5.87. The van der Waals surface area contributed by atoms with Gasteiger partial charge in [0.25, 0.3) is 0 Å². The summed E-state index contributed by atoms with van der Waals surface area (Å²) >= 11 is 0. The van der Waals surface area contributed by atoms with Crippen LogP contribution in [0.3, 0.4) is 0 Å². The number of sulfonamides is 1. The zero-order valence-corrected chi connectivity index (χ0v) is 9.93. The minimum Gasteiger partial charge on any atom is -0.316 e. The first-order valence-corrected chi connectivity index (χ1v) is 7.48. The van der Waals surface area contributed by atoms with Gasteiger partial charge in [0.15, 0.2) is 0 Å². The topological polar surface area (TPSA) is 49.4 Å². The van der Waals surface area contributed by atoms with Crippen LogP contribution in [-0.4, -0.2) is 44.7 Å². The Bertz CT molecular complexity index is 291. The van der Waals surface area contributed by atoms with E-state index in [0.29, 0.717) is 11.7 Å². The quantitative estimate of drug-likeness (QED) is 0.764. The number of rotatable bonds is 4. The molecule has 0 amide bonds. The zero-order valence-electron chi connectivity index (χ0n) is 9.11. The monoisotopic (exact) mass is 232 g/mol. The third-order valence-electron chi connectivity index (χ3n) is 3.40. The summed E-state index contributed by atoms with van der Waals surface area (Å²) in [6.45, 7) is 3.53. The summed E-state index contributed by atoms with van der Waals surface area (Å²) in [5.74, 6) is 0.918. The molecule has 1 atom stereocenters. The van der Waals surface area contributed by atoms with Crippen LogP contribution in [-0.2, 0) is 10.0 Å². The second kappa shape index (κ2) is 4.80. The van der Waals surface area contributed by atoms with E-state index in [1.807, 2.05) is 0 Å². The van der Waals surface area contributed by atoms with Gasteiger partial charge in [0, 0.05) is 13.1 Å². The fourth-order valence-corrected chi connectivity index (χ4v) is 4.08. The first-order chi connectivity index (χ1) is 7.18. The third-order valence-corrected chi connectivity index (χ3v) is 5.31. The minimum atomic E-state index is -2.94. The highest BCUT2D eigenvalue weighted by Gasteiger charge is 2.26. The molecular weight excluding hydrogens is 212 g/mol. The van der Waals surface area contributed by atoms with Crippen LogP contribution in [0.4, 0.5) is 0 Å². The Labute approximate surface area is 92.1 Å². The van der Waals surface area contributed by atoms with Crippen LogP contribution < -0.4 is 5.32 Å². The standard InChI is InChI=1S/C10H20N2O2S/c13-15(14,12-6-1-2-7-12)8-4-10-3-5-11-9-10/h10-11H,1-9H2. The fraction of sp³-hybridized carbons (Fsp3) is 1.00. The Kier molecular flexibility index (Phi) is 3.64. The van der Waals surface area contributed by atoms with Crippen molar-refractivity contribution in [3.05, 3.63) is 0 Å². The predicted octanol–water partition coefficient (Wildman–Crippen LogP) is 0.412. The normalized spacial score (nSPS) is 28.7. The van der Waals surface area contributed by atoms with E-state index in [0.717, 1.165) is 51.9 Å². The van der Waals surface area contributed by atoms with E-state index in [9.17, 15) is 8.42 Å². The lowest BCUT2D eigenvalue weighted by molar-refractivity contribution is 0.466. The minimum absolute atomic E-state index is 0.347. The van der Waals surface area contributed by atoms with Gasteiger partial charge in [0.05, 0.1) is 5.75 Å². The number of hydrogen-bond donors (Lipinski definition) is 1. The maximum absolute atomic E-state index is 11.9. The number of nitrogens with zero attached hydrogens (tertiary/aromatic N) is 1. The molecule has 0 spiro atoms. The second-order valence-electron chi connectivity index (χ2n) is 4.57. The molecule has 2 aliphatic rings. The molecule has 0 aliphatic carbocycles. The van der Waals surface area contributed by atoms with Crippen LogP contribution >= 0.6 is 0 Å². The van der Waals surface area contributed by atoms with Gasteiger partial charge in [0.1, 0.15) is 0 Å². The molecule has 0 bridgehead atoms. The van der Waals surface area contributed by atoms with Gasteiger partial charge < -0.3 is 5.32 Å². The third kappa shape index (κ3) is 2.92. The van der Waals surface area contributed by atoms with Crippen molar-refractivity contribution in [1.82, 2.24) is 9.62 Å². The van der Waals surface area contributed by atoms with Crippen LogP contribution in [0.15, 0.2) is 0 Å². The van der Waals surface area contributed by atoms with Gasteiger partial charge in [-0.25, -0.2) is 12.7 Å². The van der Waals surface area contributed by atoms with E-state index in [1.165, 1.54) is 0 Å². The lowest BCUT2D eigenvalue weighted by atomic mass is 10.1. The molecule has 2 rings (SSSR count). The lowest BCUT2D eigenvalue weighted by Gasteiger charge is -2.16. The van der Waals surface area contributed by atoms with Gasteiger partial charge >= 0.3 is 0 Å². The van der Waals surface area contributed by atoms with E-state index in [-0.39, 0.29) is 0 Å². The Balaban J connectivity index is 1.81. The maximum Gasteiger partial charge on any atom is 0.214 e. The summed E-state index contributed by atoms with van der Waals surface area (Å²) in [4.78, 5) is 0. The highest BCUT2D eigenvalue weighted by molar-refractivity contribution is 7.89. The van der Waals surface area contributed by atoms with Crippen molar-refractivity contribution >= 4 is 10.0 Å². The lowest BCUT2D eigenvalue weighted by Crippen LogP contribution is -2.31. The van der Waals surface area contributed by atoms with Crippen molar-refractivity contribution in [2.45, 2.75) is 25.7 Å². The van der Waals surface area contributed by atoms with E-state index >= 15 is 0 Å². The van der Waals surface area contributed by atoms with Crippen molar-refractivity contribution in [2.75, 3.05) is 31.9 Å². The molecule has 15 heavy (non-hydrogen) atoms. The molecule has 1 unspecified atom stereocenters. The molecule has 2 saturated heterocycles. The molecule has 0 saturated carbocycles. The summed E-state index contributed by atoms with van der Waals surface area (Å²) in [7, 11) is -2.94. The molecule has 2 fully saturated rings. The molecule has 0 radical (unpaired) electrons. The predicted molar refractivity (Wildman–Crippen MR) is 60.2 cm³/mol. The molecule has 1 N–H and O–H groups in total. The summed E-state index contributed by atoms with van der Waals surface area (Å²) in [5.41, 5.74) is 0. The van der Waals surface area contributed by atoms with Crippen LogP contribution in [0.5, 0.6) is 0 Å². The summed E-state index contributed by atoms with van der Waals surface area (Å²) < 4.78 is 25.5. The molecule has 88 valence electrons. The van der Waals surface area contributed by atoms with Crippen molar-refractivity contribution in [3.63, 3.8) is 0 Å². The molecule has 2 heterocycles. The van der Waals surface area contributed by atoms with E-state index in [1.54, 1.807) is 4.31 Å². The van der Waals surface area contributed by atoms with Crippen LogP contribution in [0, 0.1) is 5.92 Å². The van der Waals surface area contributed by atoms with Gasteiger partial charge in [-0.05, 0) is 44.7 Å². The first kappa shape index (κ1) is 11.4. The molecule has 2 aliphatic heterocycles.